The molecule has 0 aromatic carbocycles. The highest BCUT2D eigenvalue weighted by molar-refractivity contribution is 14.1. The predicted molar refractivity (Wildman–Crippen MR) is 61.0 cm³/mol. The van der Waals surface area contributed by atoms with Crippen molar-refractivity contribution in [1.82, 2.24) is 0 Å². The summed E-state index contributed by atoms with van der Waals surface area (Å²) in [5.41, 5.74) is 0.147. The number of halogens is 1. The molecule has 0 saturated carbocycles. The molecule has 1 rings (SSSR count). The van der Waals surface area contributed by atoms with Crippen molar-refractivity contribution in [2.24, 2.45) is 5.92 Å². The van der Waals surface area contributed by atoms with Crippen LogP contribution >= 0.6 is 22.6 Å². The molecular formula is C10H15IO2. The van der Waals surface area contributed by atoms with E-state index in [-0.39, 0.29) is 11.7 Å². The van der Waals surface area contributed by atoms with Gasteiger partial charge >= 0.3 is 0 Å². The quantitative estimate of drug-likeness (QED) is 0.625. The van der Waals surface area contributed by atoms with Gasteiger partial charge in [-0.2, -0.15) is 0 Å². The molecule has 2 nitrogen and oxygen atoms in total. The van der Waals surface area contributed by atoms with Gasteiger partial charge in [0.1, 0.15) is 0 Å². The molecule has 0 aromatic heterocycles. The first-order valence-corrected chi connectivity index (χ1v) is 5.98. The summed E-state index contributed by atoms with van der Waals surface area (Å²) in [5, 5.41) is 9.96. The number of ketones is 1. The summed E-state index contributed by atoms with van der Waals surface area (Å²) in [7, 11) is 0. The molecular weight excluding hydrogens is 279 g/mol. The van der Waals surface area contributed by atoms with Crippen LogP contribution < -0.4 is 0 Å². The van der Waals surface area contributed by atoms with Crippen LogP contribution in [0, 0.1) is 5.92 Å². The lowest BCUT2D eigenvalue weighted by molar-refractivity contribution is -0.119. The van der Waals surface area contributed by atoms with Gasteiger partial charge in [-0.25, -0.2) is 0 Å². The fourth-order valence-corrected chi connectivity index (χ4v) is 2.11. The summed E-state index contributed by atoms with van der Waals surface area (Å²) in [6, 6.07) is 0. The van der Waals surface area contributed by atoms with Gasteiger partial charge < -0.3 is 5.11 Å². The lowest BCUT2D eigenvalue weighted by Gasteiger charge is -2.32. The smallest absolute Gasteiger partial charge is 0.158 e. The Labute approximate surface area is 92.5 Å². The molecule has 0 fully saturated rings. The summed E-state index contributed by atoms with van der Waals surface area (Å²) in [4.78, 5) is 11.4. The molecule has 74 valence electrons. The van der Waals surface area contributed by atoms with Crippen molar-refractivity contribution in [3.8, 4) is 0 Å². The van der Waals surface area contributed by atoms with E-state index in [1.165, 1.54) is 0 Å². The summed E-state index contributed by atoms with van der Waals surface area (Å²) >= 11 is 2.16. The second-order valence-electron chi connectivity index (χ2n) is 3.94. The number of aliphatic hydroxyl groups is 1. The highest BCUT2D eigenvalue weighted by Crippen LogP contribution is 2.31. The zero-order chi connectivity index (χ0) is 10.1. The number of Topliss-reactive ketones (excluding diaryl/α,β-unsaturated/α-hetero) is 1. The fraction of sp³-hybridized carbons (Fsp3) is 0.700. The largest absolute Gasteiger partial charge is 0.389 e. The first-order valence-electron chi connectivity index (χ1n) is 4.45. The number of alkyl halides is 1. The highest BCUT2D eigenvalue weighted by atomic mass is 127. The molecule has 0 amide bonds. The van der Waals surface area contributed by atoms with E-state index in [0.29, 0.717) is 10.8 Å². The van der Waals surface area contributed by atoms with Crippen molar-refractivity contribution in [2.45, 2.75) is 32.3 Å². The van der Waals surface area contributed by atoms with Gasteiger partial charge in [0.15, 0.2) is 5.78 Å². The fourth-order valence-electron chi connectivity index (χ4n) is 1.48. The molecule has 0 bridgehead atoms. The minimum absolute atomic E-state index is 0.0978. The summed E-state index contributed by atoms with van der Waals surface area (Å²) in [5.74, 6) is 0.280. The summed E-state index contributed by atoms with van der Waals surface area (Å²) < 4.78 is 0.676. The molecule has 1 aliphatic carbocycles. The van der Waals surface area contributed by atoms with E-state index < -0.39 is 5.60 Å². The topological polar surface area (TPSA) is 37.3 Å². The Bertz CT molecular complexity index is 243. The second-order valence-corrected chi connectivity index (χ2v) is 4.70. The predicted octanol–water partition coefficient (Wildman–Crippen LogP) is 2.10. The van der Waals surface area contributed by atoms with Crippen LogP contribution in [0.3, 0.4) is 0 Å². The Hall–Kier alpha value is 0.100. The third-order valence-electron chi connectivity index (χ3n) is 2.73. The molecule has 0 spiro atoms. The van der Waals surface area contributed by atoms with Crippen LogP contribution in [0.5, 0.6) is 0 Å². The summed E-state index contributed by atoms with van der Waals surface area (Å²) in [6.07, 6.45) is 3.27. The molecule has 1 N–H and O–H groups in total. The van der Waals surface area contributed by atoms with Crippen molar-refractivity contribution < 1.29 is 9.90 Å². The van der Waals surface area contributed by atoms with Gasteiger partial charge in [0.05, 0.1) is 5.60 Å². The van der Waals surface area contributed by atoms with Gasteiger partial charge in [-0.1, -0.05) is 28.7 Å². The van der Waals surface area contributed by atoms with Crippen LogP contribution in [0.15, 0.2) is 11.6 Å². The van der Waals surface area contributed by atoms with E-state index in [4.69, 9.17) is 0 Å². The van der Waals surface area contributed by atoms with Crippen molar-refractivity contribution in [3.05, 3.63) is 11.6 Å². The molecule has 13 heavy (non-hydrogen) atoms. The van der Waals surface area contributed by atoms with Crippen molar-refractivity contribution in [3.63, 3.8) is 0 Å². The zero-order valence-corrected chi connectivity index (χ0v) is 10.2. The van der Waals surface area contributed by atoms with Crippen LogP contribution in [-0.4, -0.2) is 20.9 Å². The number of hydrogen-bond donors (Lipinski definition) is 1. The van der Waals surface area contributed by atoms with Crippen molar-refractivity contribution >= 4 is 28.4 Å². The van der Waals surface area contributed by atoms with E-state index in [0.717, 1.165) is 12.0 Å². The Morgan fingerprint density at radius 3 is 2.85 bits per heavy atom. The van der Waals surface area contributed by atoms with Crippen LogP contribution in [-0.2, 0) is 4.79 Å². The van der Waals surface area contributed by atoms with Crippen LogP contribution in [0.2, 0.25) is 0 Å². The minimum Gasteiger partial charge on any atom is -0.389 e. The van der Waals surface area contributed by atoms with Gasteiger partial charge in [0.2, 0.25) is 0 Å². The van der Waals surface area contributed by atoms with Crippen LogP contribution in [0.25, 0.3) is 0 Å². The van der Waals surface area contributed by atoms with E-state index in [9.17, 15) is 9.90 Å². The number of hydrogen-bond acceptors (Lipinski definition) is 2. The second kappa shape index (κ2) is 4.09. The van der Waals surface area contributed by atoms with Crippen LogP contribution in [0.1, 0.15) is 26.7 Å². The van der Waals surface area contributed by atoms with Gasteiger partial charge in [-0.05, 0) is 31.8 Å². The Balaban J connectivity index is 2.73. The molecule has 0 saturated heterocycles. The van der Waals surface area contributed by atoms with Crippen molar-refractivity contribution in [1.29, 1.82) is 0 Å². The Morgan fingerprint density at radius 1 is 1.77 bits per heavy atom. The maximum atomic E-state index is 11.4. The van der Waals surface area contributed by atoms with E-state index in [1.54, 1.807) is 0 Å². The van der Waals surface area contributed by atoms with Crippen LogP contribution in [0.4, 0.5) is 0 Å². The standard InChI is InChI=1S/C10H15IO2/c1-7-3-4-8(5-9(7)12)10(2,13)6-11/h3,8,13H,4-6H2,1-2H3. The van der Waals surface area contributed by atoms with Crippen molar-refractivity contribution in [2.75, 3.05) is 4.43 Å². The molecule has 2 atom stereocenters. The van der Waals surface area contributed by atoms with Gasteiger partial charge in [0.25, 0.3) is 0 Å². The normalized spacial score (nSPS) is 28.2. The Morgan fingerprint density at radius 2 is 2.38 bits per heavy atom. The third kappa shape index (κ3) is 2.53. The van der Waals surface area contributed by atoms with E-state index >= 15 is 0 Å². The van der Waals surface area contributed by atoms with E-state index in [2.05, 4.69) is 22.6 Å². The van der Waals surface area contributed by atoms with Gasteiger partial charge in [-0.15, -0.1) is 0 Å². The molecule has 2 unspecified atom stereocenters. The monoisotopic (exact) mass is 294 g/mol. The molecule has 0 aromatic rings. The van der Waals surface area contributed by atoms with Gasteiger partial charge in [0, 0.05) is 10.8 Å². The first-order chi connectivity index (χ1) is 5.97. The third-order valence-corrected chi connectivity index (χ3v) is 4.27. The molecule has 1 aliphatic rings. The lowest BCUT2D eigenvalue weighted by atomic mass is 9.79. The lowest BCUT2D eigenvalue weighted by Crippen LogP contribution is -2.38. The molecule has 0 radical (unpaired) electrons. The zero-order valence-electron chi connectivity index (χ0n) is 8.01. The van der Waals surface area contributed by atoms with Gasteiger partial charge in [-0.3, -0.25) is 4.79 Å². The SMILES string of the molecule is CC1=CCC(C(C)(O)CI)CC1=O. The highest BCUT2D eigenvalue weighted by Gasteiger charge is 2.33. The number of rotatable bonds is 2. The molecule has 0 heterocycles. The summed E-state index contributed by atoms with van der Waals surface area (Å²) in [6.45, 7) is 3.66. The Kier molecular flexibility index (Phi) is 3.51. The average molecular weight is 294 g/mol. The minimum atomic E-state index is -0.701. The maximum Gasteiger partial charge on any atom is 0.158 e. The number of carbonyl (C=O) groups excluding carboxylic acids is 1. The maximum absolute atomic E-state index is 11.4. The molecule has 3 heteroatoms. The van der Waals surface area contributed by atoms with E-state index in [1.807, 2.05) is 19.9 Å². The average Bonchev–Trinajstić information content (AvgIpc) is 2.09. The number of allylic oxidation sites excluding steroid dienone is 2. The molecule has 0 aliphatic heterocycles. The number of carbonyl (C=O) groups is 1. The first kappa shape index (κ1) is 11.2.